The molecule has 0 fully saturated rings. The highest BCUT2D eigenvalue weighted by Gasteiger charge is 2.22. The lowest BCUT2D eigenvalue weighted by atomic mass is 9.90. The van der Waals surface area contributed by atoms with E-state index in [0.29, 0.717) is 0 Å². The zero-order valence-electron chi connectivity index (χ0n) is 17.1. The SMILES string of the molecule is Cc1ccc(S(=O)(=O)NCCNC(=O)C(c2ccccc2)c2ccccc2)cc1C. The molecule has 0 bridgehead atoms. The van der Waals surface area contributed by atoms with E-state index < -0.39 is 15.9 Å². The number of nitrogens with one attached hydrogen (secondary N) is 2. The minimum absolute atomic E-state index is 0.108. The first kappa shape index (κ1) is 21.7. The zero-order chi connectivity index (χ0) is 21.6. The topological polar surface area (TPSA) is 75.3 Å². The molecule has 1 amide bonds. The molecule has 0 saturated carbocycles. The molecule has 6 heteroatoms. The molecule has 3 rings (SSSR count). The molecule has 5 nitrogen and oxygen atoms in total. The fourth-order valence-corrected chi connectivity index (χ4v) is 4.34. The van der Waals surface area contributed by atoms with Gasteiger partial charge in [-0.1, -0.05) is 66.7 Å². The van der Waals surface area contributed by atoms with E-state index in [2.05, 4.69) is 10.0 Å². The normalized spacial score (nSPS) is 11.4. The second-order valence-corrected chi connectivity index (χ2v) is 8.96. The predicted molar refractivity (Wildman–Crippen MR) is 119 cm³/mol. The molecule has 0 aliphatic carbocycles. The third-order valence-electron chi connectivity index (χ3n) is 5.03. The maximum Gasteiger partial charge on any atom is 0.240 e. The summed E-state index contributed by atoms with van der Waals surface area (Å²) in [5, 5.41) is 2.86. The monoisotopic (exact) mass is 422 g/mol. The molecule has 0 aliphatic heterocycles. The van der Waals surface area contributed by atoms with Crippen molar-refractivity contribution >= 4 is 15.9 Å². The van der Waals surface area contributed by atoms with E-state index in [4.69, 9.17) is 0 Å². The summed E-state index contributed by atoms with van der Waals surface area (Å²) in [5.41, 5.74) is 3.72. The van der Waals surface area contributed by atoms with E-state index in [1.54, 1.807) is 18.2 Å². The number of rotatable bonds is 8. The lowest BCUT2D eigenvalue weighted by Crippen LogP contribution is -2.37. The number of carbonyl (C=O) groups excluding carboxylic acids is 1. The van der Waals surface area contributed by atoms with E-state index in [1.165, 1.54) is 0 Å². The lowest BCUT2D eigenvalue weighted by Gasteiger charge is -2.18. The van der Waals surface area contributed by atoms with E-state index in [1.807, 2.05) is 74.5 Å². The van der Waals surface area contributed by atoms with Crippen molar-refractivity contribution in [3.05, 3.63) is 101 Å². The van der Waals surface area contributed by atoms with Gasteiger partial charge in [0.15, 0.2) is 0 Å². The molecule has 3 aromatic rings. The maximum absolute atomic E-state index is 12.9. The number of hydrogen-bond donors (Lipinski definition) is 2. The third-order valence-corrected chi connectivity index (χ3v) is 6.49. The molecule has 0 radical (unpaired) electrons. The first-order valence-corrected chi connectivity index (χ1v) is 11.3. The number of carbonyl (C=O) groups is 1. The van der Waals surface area contributed by atoms with Crippen LogP contribution >= 0.6 is 0 Å². The summed E-state index contributed by atoms with van der Waals surface area (Å²) in [5.74, 6) is -0.624. The molecular formula is C24H26N2O3S. The Bertz CT molecular complexity index is 1060. The van der Waals surface area contributed by atoms with Crippen LogP contribution in [-0.2, 0) is 14.8 Å². The van der Waals surface area contributed by atoms with Gasteiger partial charge < -0.3 is 5.32 Å². The highest BCUT2D eigenvalue weighted by molar-refractivity contribution is 7.89. The predicted octanol–water partition coefficient (Wildman–Crippen LogP) is 3.53. The molecule has 156 valence electrons. The standard InChI is InChI=1S/C24H26N2O3S/c1-18-13-14-22(17-19(18)2)30(28,29)26-16-15-25-24(27)23(20-9-5-3-6-10-20)21-11-7-4-8-12-21/h3-14,17,23,26H,15-16H2,1-2H3,(H,25,27). The third kappa shape index (κ3) is 5.34. The molecule has 3 aromatic carbocycles. The minimum atomic E-state index is -3.62. The Morgan fingerprint density at radius 3 is 1.90 bits per heavy atom. The molecule has 0 unspecified atom stereocenters. The van der Waals surface area contributed by atoms with Crippen LogP contribution in [0.5, 0.6) is 0 Å². The Morgan fingerprint density at radius 2 is 1.37 bits per heavy atom. The number of benzene rings is 3. The number of aryl methyl sites for hydroxylation is 2. The molecule has 30 heavy (non-hydrogen) atoms. The van der Waals surface area contributed by atoms with Gasteiger partial charge in [0.05, 0.1) is 10.8 Å². The van der Waals surface area contributed by atoms with Gasteiger partial charge in [-0.05, 0) is 48.2 Å². The van der Waals surface area contributed by atoms with Crippen LogP contribution in [0.2, 0.25) is 0 Å². The molecule has 0 aliphatic rings. The van der Waals surface area contributed by atoms with Crippen LogP contribution in [0.4, 0.5) is 0 Å². The van der Waals surface area contributed by atoms with Gasteiger partial charge in [-0.3, -0.25) is 4.79 Å². The summed E-state index contributed by atoms with van der Waals surface area (Å²) >= 11 is 0. The molecule has 2 N–H and O–H groups in total. The van der Waals surface area contributed by atoms with Crippen molar-refractivity contribution in [2.45, 2.75) is 24.7 Å². The highest BCUT2D eigenvalue weighted by Crippen LogP contribution is 2.24. The summed E-state index contributed by atoms with van der Waals surface area (Å²) in [6, 6.07) is 24.1. The van der Waals surface area contributed by atoms with Gasteiger partial charge in [-0.2, -0.15) is 0 Å². The Labute approximate surface area is 178 Å². The van der Waals surface area contributed by atoms with Gasteiger partial charge in [-0.25, -0.2) is 13.1 Å². The lowest BCUT2D eigenvalue weighted by molar-refractivity contribution is -0.121. The Balaban J connectivity index is 1.64. The molecule has 0 aromatic heterocycles. The van der Waals surface area contributed by atoms with Crippen molar-refractivity contribution in [3.63, 3.8) is 0 Å². The second kappa shape index (κ2) is 9.69. The van der Waals surface area contributed by atoms with Gasteiger partial charge in [0.2, 0.25) is 15.9 Å². The van der Waals surface area contributed by atoms with Crippen LogP contribution in [0.25, 0.3) is 0 Å². The van der Waals surface area contributed by atoms with Crippen LogP contribution in [0.3, 0.4) is 0 Å². The van der Waals surface area contributed by atoms with Crippen LogP contribution in [0.1, 0.15) is 28.2 Å². The van der Waals surface area contributed by atoms with Gasteiger partial charge >= 0.3 is 0 Å². The van der Waals surface area contributed by atoms with Crippen molar-refractivity contribution in [1.29, 1.82) is 0 Å². The first-order valence-electron chi connectivity index (χ1n) is 9.83. The summed E-state index contributed by atoms with van der Waals surface area (Å²) in [4.78, 5) is 13.2. The zero-order valence-corrected chi connectivity index (χ0v) is 17.9. The van der Waals surface area contributed by atoms with E-state index in [0.717, 1.165) is 22.3 Å². The van der Waals surface area contributed by atoms with E-state index in [-0.39, 0.29) is 23.9 Å². The highest BCUT2D eigenvalue weighted by atomic mass is 32.2. The van der Waals surface area contributed by atoms with Crippen molar-refractivity contribution in [3.8, 4) is 0 Å². The largest absolute Gasteiger partial charge is 0.354 e. The van der Waals surface area contributed by atoms with Gasteiger partial charge in [0.1, 0.15) is 0 Å². The van der Waals surface area contributed by atoms with Crippen LogP contribution in [-0.4, -0.2) is 27.4 Å². The van der Waals surface area contributed by atoms with Crippen LogP contribution in [0, 0.1) is 13.8 Å². The smallest absolute Gasteiger partial charge is 0.240 e. The number of amides is 1. The Morgan fingerprint density at radius 1 is 0.800 bits per heavy atom. The Hall–Kier alpha value is -2.96. The van der Waals surface area contributed by atoms with Crippen LogP contribution in [0.15, 0.2) is 83.8 Å². The number of hydrogen-bond acceptors (Lipinski definition) is 3. The molecule has 0 atom stereocenters. The second-order valence-electron chi connectivity index (χ2n) is 7.19. The van der Waals surface area contributed by atoms with Crippen molar-refractivity contribution in [1.82, 2.24) is 10.0 Å². The fraction of sp³-hybridized carbons (Fsp3) is 0.208. The van der Waals surface area contributed by atoms with Crippen molar-refractivity contribution < 1.29 is 13.2 Å². The summed E-state index contributed by atoms with van der Waals surface area (Å²) < 4.78 is 27.5. The van der Waals surface area contributed by atoms with Gasteiger partial charge in [-0.15, -0.1) is 0 Å². The van der Waals surface area contributed by atoms with Gasteiger partial charge in [0, 0.05) is 13.1 Å². The first-order chi connectivity index (χ1) is 14.4. The van der Waals surface area contributed by atoms with Crippen molar-refractivity contribution in [2.24, 2.45) is 0 Å². The summed E-state index contributed by atoms with van der Waals surface area (Å²) in [6.45, 7) is 4.11. The maximum atomic E-state index is 12.9. The Kier molecular flexibility index (Phi) is 7.03. The summed E-state index contributed by atoms with van der Waals surface area (Å²) in [7, 11) is -3.62. The molecule has 0 spiro atoms. The van der Waals surface area contributed by atoms with E-state index >= 15 is 0 Å². The average molecular weight is 423 g/mol. The van der Waals surface area contributed by atoms with Crippen LogP contribution < -0.4 is 10.0 Å². The molecular weight excluding hydrogens is 396 g/mol. The van der Waals surface area contributed by atoms with Crippen molar-refractivity contribution in [2.75, 3.05) is 13.1 Å². The number of sulfonamides is 1. The molecule has 0 heterocycles. The van der Waals surface area contributed by atoms with E-state index in [9.17, 15) is 13.2 Å². The average Bonchev–Trinajstić information content (AvgIpc) is 2.75. The minimum Gasteiger partial charge on any atom is -0.354 e. The quantitative estimate of drug-likeness (QED) is 0.546. The van der Waals surface area contributed by atoms with Gasteiger partial charge in [0.25, 0.3) is 0 Å². The molecule has 0 saturated heterocycles. The summed E-state index contributed by atoms with van der Waals surface area (Å²) in [6.07, 6.45) is 0. The fourth-order valence-electron chi connectivity index (χ4n) is 3.22.